The first-order valence-electron chi connectivity index (χ1n) is 8.61. The molecule has 0 aliphatic carbocycles. The van der Waals surface area contributed by atoms with Crippen molar-refractivity contribution in [1.82, 2.24) is 5.32 Å². The molecule has 0 aliphatic rings. The molecule has 5 heteroatoms. The van der Waals surface area contributed by atoms with Crippen LogP contribution in [0.1, 0.15) is 30.5 Å². The van der Waals surface area contributed by atoms with E-state index >= 15 is 0 Å². The highest BCUT2D eigenvalue weighted by Crippen LogP contribution is 2.22. The fourth-order valence-corrected chi connectivity index (χ4v) is 2.44. The third-order valence-corrected chi connectivity index (χ3v) is 4.39. The van der Waals surface area contributed by atoms with Crippen molar-refractivity contribution in [3.8, 4) is 0 Å². The summed E-state index contributed by atoms with van der Waals surface area (Å²) in [6.45, 7) is 7.43. The molecule has 0 unspecified atom stereocenters. The summed E-state index contributed by atoms with van der Waals surface area (Å²) in [5.74, 6) is -0.991. The van der Waals surface area contributed by atoms with E-state index < -0.39 is 5.41 Å². The Hall–Kier alpha value is -2.69. The molecule has 2 rings (SSSR count). The first kappa shape index (κ1) is 19.6. The summed E-state index contributed by atoms with van der Waals surface area (Å²) < 4.78 is 12.9. The maximum absolute atomic E-state index is 12.9. The van der Waals surface area contributed by atoms with Crippen LogP contribution in [0.15, 0.2) is 42.5 Å². The van der Waals surface area contributed by atoms with Crippen LogP contribution in [0.5, 0.6) is 0 Å². The zero-order chi connectivity index (χ0) is 19.3. The summed E-state index contributed by atoms with van der Waals surface area (Å²) in [5, 5.41) is 5.63. The third-order valence-electron chi connectivity index (χ3n) is 4.39. The van der Waals surface area contributed by atoms with Crippen molar-refractivity contribution >= 4 is 17.5 Å². The van der Waals surface area contributed by atoms with Crippen LogP contribution in [-0.2, 0) is 16.0 Å². The minimum absolute atomic E-state index is 0.290. The van der Waals surface area contributed by atoms with Gasteiger partial charge in [0.2, 0.25) is 11.8 Å². The minimum atomic E-state index is -1.21. The minimum Gasteiger partial charge on any atom is -0.355 e. The number of nitrogens with one attached hydrogen (secondary N) is 2. The quantitative estimate of drug-likeness (QED) is 0.774. The van der Waals surface area contributed by atoms with E-state index in [0.717, 1.165) is 16.7 Å². The van der Waals surface area contributed by atoms with Crippen LogP contribution in [0.3, 0.4) is 0 Å². The summed E-state index contributed by atoms with van der Waals surface area (Å²) in [5.41, 5.74) is 2.40. The fraction of sp³-hybridized carbons (Fsp3) is 0.333. The normalized spacial score (nSPS) is 11.1. The lowest BCUT2D eigenvalue weighted by Crippen LogP contribution is -2.45. The summed E-state index contributed by atoms with van der Waals surface area (Å²) in [6.07, 6.45) is 0.570. The lowest BCUT2D eigenvalue weighted by atomic mass is 9.90. The molecule has 0 heterocycles. The van der Waals surface area contributed by atoms with Crippen LogP contribution in [0, 0.1) is 25.1 Å². The van der Waals surface area contributed by atoms with Crippen molar-refractivity contribution in [3.63, 3.8) is 0 Å². The van der Waals surface area contributed by atoms with Gasteiger partial charge in [0.15, 0.2) is 0 Å². The van der Waals surface area contributed by atoms with Crippen molar-refractivity contribution in [3.05, 3.63) is 65.0 Å². The highest BCUT2D eigenvalue weighted by molar-refractivity contribution is 6.10. The van der Waals surface area contributed by atoms with Crippen LogP contribution in [0.25, 0.3) is 0 Å². The van der Waals surface area contributed by atoms with Crippen molar-refractivity contribution in [2.24, 2.45) is 5.41 Å². The molecule has 4 nitrogen and oxygen atoms in total. The largest absolute Gasteiger partial charge is 0.355 e. The summed E-state index contributed by atoms with van der Waals surface area (Å²) in [6, 6.07) is 11.9. The van der Waals surface area contributed by atoms with Gasteiger partial charge in [-0.2, -0.15) is 0 Å². The molecule has 2 aromatic carbocycles. The van der Waals surface area contributed by atoms with Crippen molar-refractivity contribution < 1.29 is 14.0 Å². The summed E-state index contributed by atoms with van der Waals surface area (Å²) >= 11 is 0. The molecule has 2 N–H and O–H groups in total. The topological polar surface area (TPSA) is 58.2 Å². The first-order valence-corrected chi connectivity index (χ1v) is 8.61. The molecule has 26 heavy (non-hydrogen) atoms. The number of rotatable bonds is 6. The molecular formula is C21H25FN2O2. The second kappa shape index (κ2) is 8.13. The average molecular weight is 356 g/mol. The van der Waals surface area contributed by atoms with Crippen molar-refractivity contribution in [2.45, 2.75) is 34.1 Å². The van der Waals surface area contributed by atoms with Gasteiger partial charge >= 0.3 is 0 Å². The Labute approximate surface area is 153 Å². The number of carbonyl (C=O) groups excluding carboxylic acids is 2. The SMILES string of the molecule is Cc1ccc(C)c(NC(=O)C(C)(C)C(=O)NCCc2ccc(F)cc2)c1. The molecule has 0 aliphatic heterocycles. The van der Waals surface area contributed by atoms with Gasteiger partial charge in [0, 0.05) is 12.2 Å². The predicted molar refractivity (Wildman–Crippen MR) is 101 cm³/mol. The Morgan fingerprint density at radius 1 is 1.00 bits per heavy atom. The molecular weight excluding hydrogens is 331 g/mol. The number of hydrogen-bond donors (Lipinski definition) is 2. The summed E-state index contributed by atoms with van der Waals surface area (Å²) in [4.78, 5) is 25.1. The molecule has 2 aromatic rings. The van der Waals surface area contributed by atoms with Gasteiger partial charge in [-0.25, -0.2) is 4.39 Å². The lowest BCUT2D eigenvalue weighted by molar-refractivity contribution is -0.138. The zero-order valence-electron chi connectivity index (χ0n) is 15.7. The molecule has 0 spiro atoms. The van der Waals surface area contributed by atoms with Gasteiger partial charge in [0.05, 0.1) is 0 Å². The van der Waals surface area contributed by atoms with E-state index in [2.05, 4.69) is 10.6 Å². The second-order valence-electron chi connectivity index (χ2n) is 7.03. The Bertz CT molecular complexity index is 798. The zero-order valence-corrected chi connectivity index (χ0v) is 15.7. The molecule has 0 saturated heterocycles. The van der Waals surface area contributed by atoms with Gasteiger partial charge in [0.1, 0.15) is 11.2 Å². The number of halogens is 1. The molecule has 0 fully saturated rings. The van der Waals surface area contributed by atoms with Gasteiger partial charge in [0.25, 0.3) is 0 Å². The molecule has 0 saturated carbocycles. The molecule has 0 atom stereocenters. The monoisotopic (exact) mass is 356 g/mol. The predicted octanol–water partition coefficient (Wildman–Crippen LogP) is 3.77. The highest BCUT2D eigenvalue weighted by atomic mass is 19.1. The van der Waals surface area contributed by atoms with E-state index in [1.54, 1.807) is 26.0 Å². The average Bonchev–Trinajstić information content (AvgIpc) is 2.59. The second-order valence-corrected chi connectivity index (χ2v) is 7.03. The maximum atomic E-state index is 12.9. The molecule has 0 aromatic heterocycles. The Morgan fingerprint density at radius 3 is 2.31 bits per heavy atom. The molecule has 2 amide bonds. The standard InChI is InChI=1S/C21H25FN2O2/c1-14-5-6-15(2)18(13-14)24-20(26)21(3,4)19(25)23-12-11-16-7-9-17(22)10-8-16/h5-10,13H,11-12H2,1-4H3,(H,23,25)(H,24,26). The number of amides is 2. The van der Waals surface area contributed by atoms with Gasteiger partial charge < -0.3 is 10.6 Å². The molecule has 0 bridgehead atoms. The van der Waals surface area contributed by atoms with Crippen molar-refractivity contribution in [1.29, 1.82) is 0 Å². The van der Waals surface area contributed by atoms with Gasteiger partial charge in [-0.05, 0) is 69.0 Å². The number of carbonyl (C=O) groups is 2. The lowest BCUT2D eigenvalue weighted by Gasteiger charge is -2.23. The highest BCUT2D eigenvalue weighted by Gasteiger charge is 2.36. The van der Waals surface area contributed by atoms with Gasteiger partial charge in [-0.3, -0.25) is 9.59 Å². The smallest absolute Gasteiger partial charge is 0.239 e. The number of hydrogen-bond acceptors (Lipinski definition) is 2. The molecule has 0 radical (unpaired) electrons. The number of aryl methyl sites for hydroxylation is 2. The van der Waals surface area contributed by atoms with Crippen LogP contribution < -0.4 is 10.6 Å². The van der Waals surface area contributed by atoms with E-state index in [9.17, 15) is 14.0 Å². The Kier molecular flexibility index (Phi) is 6.14. The van der Waals surface area contributed by atoms with E-state index in [4.69, 9.17) is 0 Å². The fourth-order valence-electron chi connectivity index (χ4n) is 2.44. The van der Waals surface area contributed by atoms with Gasteiger partial charge in [-0.15, -0.1) is 0 Å². The molecule has 138 valence electrons. The Balaban J connectivity index is 1.94. The van der Waals surface area contributed by atoms with Crippen molar-refractivity contribution in [2.75, 3.05) is 11.9 Å². The first-order chi connectivity index (χ1) is 12.2. The number of benzene rings is 2. The third kappa shape index (κ3) is 4.91. The van der Waals surface area contributed by atoms with Crippen LogP contribution >= 0.6 is 0 Å². The van der Waals surface area contributed by atoms with Crippen LogP contribution in [0.2, 0.25) is 0 Å². The van der Waals surface area contributed by atoms with Gasteiger partial charge in [-0.1, -0.05) is 24.3 Å². The van der Waals surface area contributed by atoms with E-state index in [-0.39, 0.29) is 17.6 Å². The maximum Gasteiger partial charge on any atom is 0.239 e. The van der Waals surface area contributed by atoms with E-state index in [0.29, 0.717) is 18.7 Å². The van der Waals surface area contributed by atoms with Crippen LogP contribution in [0.4, 0.5) is 10.1 Å². The van der Waals surface area contributed by atoms with Crippen LogP contribution in [-0.4, -0.2) is 18.4 Å². The van der Waals surface area contributed by atoms with E-state index in [1.807, 2.05) is 32.0 Å². The summed E-state index contributed by atoms with van der Waals surface area (Å²) in [7, 11) is 0. The van der Waals surface area contributed by atoms with E-state index in [1.165, 1.54) is 12.1 Å². The Morgan fingerprint density at radius 2 is 1.65 bits per heavy atom. The number of anilines is 1.